The average Bonchev–Trinajstić information content (AvgIpc) is 2.48. The van der Waals surface area contributed by atoms with E-state index in [9.17, 15) is 0 Å². The average molecular weight is 211 g/mol. The van der Waals surface area contributed by atoms with Gasteiger partial charge in [0.2, 0.25) is 0 Å². The molecule has 3 atom stereocenters. The molecule has 0 saturated carbocycles. The van der Waals surface area contributed by atoms with E-state index in [1.165, 1.54) is 39.1 Å². The van der Waals surface area contributed by atoms with E-state index in [0.717, 1.165) is 18.0 Å². The summed E-state index contributed by atoms with van der Waals surface area (Å²) in [6.45, 7) is 10.9. The lowest BCUT2D eigenvalue weighted by Gasteiger charge is -2.31. The predicted octanol–water partition coefficient (Wildman–Crippen LogP) is 0.620. The third-order valence-corrected chi connectivity index (χ3v) is 4.37. The van der Waals surface area contributed by atoms with Gasteiger partial charge in [0.05, 0.1) is 0 Å². The predicted molar refractivity (Wildman–Crippen MR) is 64.1 cm³/mol. The summed E-state index contributed by atoms with van der Waals surface area (Å²) in [5.74, 6) is 0.878. The number of hydrogen-bond donors (Lipinski definition) is 1. The summed E-state index contributed by atoms with van der Waals surface area (Å²) in [4.78, 5) is 5.16. The van der Waals surface area contributed by atoms with Crippen LogP contribution >= 0.6 is 0 Å². The molecule has 15 heavy (non-hydrogen) atoms. The molecule has 0 aromatic carbocycles. The molecule has 0 spiro atoms. The molecular weight excluding hydrogens is 186 g/mol. The van der Waals surface area contributed by atoms with Gasteiger partial charge in [0.25, 0.3) is 0 Å². The van der Waals surface area contributed by atoms with Gasteiger partial charge in [-0.3, -0.25) is 0 Å². The van der Waals surface area contributed by atoms with E-state index in [1.807, 2.05) is 0 Å². The number of rotatable bonds is 2. The summed E-state index contributed by atoms with van der Waals surface area (Å²) >= 11 is 0. The molecular formula is C12H25N3. The van der Waals surface area contributed by atoms with Crippen molar-refractivity contribution < 1.29 is 0 Å². The van der Waals surface area contributed by atoms with Crippen molar-refractivity contribution >= 4 is 0 Å². The lowest BCUT2D eigenvalue weighted by atomic mass is 9.99. The Bertz CT molecular complexity index is 201. The van der Waals surface area contributed by atoms with E-state index in [4.69, 9.17) is 0 Å². The zero-order valence-electron chi connectivity index (χ0n) is 10.4. The van der Waals surface area contributed by atoms with E-state index >= 15 is 0 Å². The number of nitrogens with zero attached hydrogens (tertiary/aromatic N) is 2. The van der Waals surface area contributed by atoms with Crippen molar-refractivity contribution in [3.05, 3.63) is 0 Å². The molecule has 2 heterocycles. The number of hydrogen-bond acceptors (Lipinski definition) is 3. The minimum absolute atomic E-state index is 0.759. The van der Waals surface area contributed by atoms with Crippen LogP contribution in [0.1, 0.15) is 20.3 Å². The molecule has 3 heteroatoms. The smallest absolute Gasteiger partial charge is 0.0108 e. The van der Waals surface area contributed by atoms with Crippen LogP contribution in [-0.2, 0) is 0 Å². The topological polar surface area (TPSA) is 18.5 Å². The molecule has 0 amide bonds. The van der Waals surface area contributed by atoms with Crippen molar-refractivity contribution in [2.75, 3.05) is 39.8 Å². The fourth-order valence-corrected chi connectivity index (χ4v) is 2.99. The van der Waals surface area contributed by atoms with Crippen LogP contribution in [0.15, 0.2) is 0 Å². The van der Waals surface area contributed by atoms with Crippen molar-refractivity contribution in [3.8, 4) is 0 Å². The molecule has 0 unspecified atom stereocenters. The second-order valence-electron chi connectivity index (χ2n) is 5.30. The quantitative estimate of drug-likeness (QED) is 0.722. The first-order chi connectivity index (χ1) is 7.18. The zero-order chi connectivity index (χ0) is 10.8. The Morgan fingerprint density at radius 1 is 1.20 bits per heavy atom. The summed E-state index contributed by atoms with van der Waals surface area (Å²) in [5.41, 5.74) is 0. The Hall–Kier alpha value is -0.120. The van der Waals surface area contributed by atoms with E-state index in [2.05, 4.69) is 36.0 Å². The first-order valence-corrected chi connectivity index (χ1v) is 6.33. The van der Waals surface area contributed by atoms with Crippen molar-refractivity contribution in [1.82, 2.24) is 15.1 Å². The maximum absolute atomic E-state index is 3.42. The van der Waals surface area contributed by atoms with Crippen LogP contribution in [0.25, 0.3) is 0 Å². The van der Waals surface area contributed by atoms with Crippen molar-refractivity contribution in [1.29, 1.82) is 0 Å². The van der Waals surface area contributed by atoms with Crippen LogP contribution in [0.4, 0.5) is 0 Å². The fourth-order valence-electron chi connectivity index (χ4n) is 2.99. The van der Waals surface area contributed by atoms with Crippen LogP contribution in [-0.4, -0.2) is 61.7 Å². The third-order valence-electron chi connectivity index (χ3n) is 4.37. The SMILES string of the molecule is C[C@@H]1C[C@H](CN2CCNCC2)[C@@H](C)N1C. The molecule has 1 N–H and O–H groups in total. The molecule has 0 aromatic heterocycles. The van der Waals surface area contributed by atoms with Gasteiger partial charge in [-0.2, -0.15) is 0 Å². The van der Waals surface area contributed by atoms with Gasteiger partial charge in [0.15, 0.2) is 0 Å². The van der Waals surface area contributed by atoms with E-state index in [0.29, 0.717) is 0 Å². The second-order valence-corrected chi connectivity index (χ2v) is 5.30. The highest BCUT2D eigenvalue weighted by Gasteiger charge is 2.34. The van der Waals surface area contributed by atoms with Gasteiger partial charge >= 0.3 is 0 Å². The van der Waals surface area contributed by atoms with Gasteiger partial charge < -0.3 is 15.1 Å². The van der Waals surface area contributed by atoms with E-state index < -0.39 is 0 Å². The van der Waals surface area contributed by atoms with Crippen LogP contribution in [0.5, 0.6) is 0 Å². The largest absolute Gasteiger partial charge is 0.314 e. The molecule has 0 radical (unpaired) electrons. The molecule has 2 fully saturated rings. The van der Waals surface area contributed by atoms with Crippen LogP contribution in [0, 0.1) is 5.92 Å². The van der Waals surface area contributed by atoms with E-state index in [1.54, 1.807) is 0 Å². The molecule has 2 aliphatic rings. The fraction of sp³-hybridized carbons (Fsp3) is 1.00. The Morgan fingerprint density at radius 2 is 1.87 bits per heavy atom. The number of piperazine rings is 1. The number of nitrogens with one attached hydrogen (secondary N) is 1. The van der Waals surface area contributed by atoms with Crippen molar-refractivity contribution in [2.24, 2.45) is 5.92 Å². The minimum Gasteiger partial charge on any atom is -0.314 e. The zero-order valence-corrected chi connectivity index (χ0v) is 10.4. The highest BCUT2D eigenvalue weighted by molar-refractivity contribution is 4.89. The Balaban J connectivity index is 1.83. The van der Waals surface area contributed by atoms with Crippen molar-refractivity contribution in [3.63, 3.8) is 0 Å². The van der Waals surface area contributed by atoms with Gasteiger partial charge in [0, 0.05) is 44.8 Å². The number of likely N-dealkylation sites (tertiary alicyclic amines) is 1. The standard InChI is InChI=1S/C12H25N3/c1-10-8-12(11(2)14(10)3)9-15-6-4-13-5-7-15/h10-13H,4-9H2,1-3H3/t10-,11-,12-/m1/s1. The molecule has 88 valence electrons. The Morgan fingerprint density at radius 3 is 2.40 bits per heavy atom. The van der Waals surface area contributed by atoms with E-state index in [-0.39, 0.29) is 0 Å². The maximum atomic E-state index is 3.42. The van der Waals surface area contributed by atoms with Gasteiger partial charge in [-0.1, -0.05) is 0 Å². The lowest BCUT2D eigenvalue weighted by Crippen LogP contribution is -2.46. The van der Waals surface area contributed by atoms with Gasteiger partial charge in [-0.15, -0.1) is 0 Å². The Kier molecular flexibility index (Phi) is 3.65. The molecule has 0 aromatic rings. The maximum Gasteiger partial charge on any atom is 0.0108 e. The normalized spacial score (nSPS) is 39.8. The molecule has 0 aliphatic carbocycles. The molecule has 2 rings (SSSR count). The van der Waals surface area contributed by atoms with Crippen LogP contribution < -0.4 is 5.32 Å². The van der Waals surface area contributed by atoms with Gasteiger partial charge in [0.1, 0.15) is 0 Å². The monoisotopic (exact) mass is 211 g/mol. The van der Waals surface area contributed by atoms with Gasteiger partial charge in [-0.05, 0) is 33.2 Å². The summed E-state index contributed by atoms with van der Waals surface area (Å²) in [5, 5.41) is 3.42. The minimum atomic E-state index is 0.759. The first kappa shape index (κ1) is 11.4. The summed E-state index contributed by atoms with van der Waals surface area (Å²) in [7, 11) is 2.27. The lowest BCUT2D eigenvalue weighted by molar-refractivity contribution is 0.180. The summed E-state index contributed by atoms with van der Waals surface area (Å²) in [6, 6.07) is 1.53. The molecule has 2 aliphatic heterocycles. The summed E-state index contributed by atoms with van der Waals surface area (Å²) in [6.07, 6.45) is 1.38. The third kappa shape index (κ3) is 2.52. The second kappa shape index (κ2) is 4.81. The summed E-state index contributed by atoms with van der Waals surface area (Å²) < 4.78 is 0. The molecule has 3 nitrogen and oxygen atoms in total. The highest BCUT2D eigenvalue weighted by Crippen LogP contribution is 2.28. The molecule has 2 saturated heterocycles. The van der Waals surface area contributed by atoms with Crippen molar-refractivity contribution in [2.45, 2.75) is 32.4 Å². The first-order valence-electron chi connectivity index (χ1n) is 6.33. The van der Waals surface area contributed by atoms with Gasteiger partial charge in [-0.25, -0.2) is 0 Å². The Labute approximate surface area is 93.8 Å². The highest BCUT2D eigenvalue weighted by atomic mass is 15.2. The van der Waals surface area contributed by atoms with Crippen LogP contribution in [0.2, 0.25) is 0 Å². The molecule has 0 bridgehead atoms. The van der Waals surface area contributed by atoms with Crippen LogP contribution in [0.3, 0.4) is 0 Å².